The molecule has 1 aromatic heterocycles. The van der Waals surface area contributed by atoms with E-state index >= 15 is 0 Å². The second-order valence-electron chi connectivity index (χ2n) is 3.46. The number of rotatable bonds is 4. The number of carbonyl (C=O) groups is 1. The van der Waals surface area contributed by atoms with E-state index < -0.39 is 0 Å². The fraction of sp³-hybridized carbons (Fsp3) is 0.154. The van der Waals surface area contributed by atoms with Crippen molar-refractivity contribution in [3.05, 3.63) is 54.0 Å². The Hall–Kier alpha value is -2.23. The van der Waals surface area contributed by atoms with Crippen LogP contribution in [-0.4, -0.2) is 13.0 Å². The largest absolute Gasteiger partial charge is 0.489 e. The van der Waals surface area contributed by atoms with Gasteiger partial charge in [-0.25, -0.2) is 0 Å². The minimum absolute atomic E-state index is 0.248. The highest BCUT2D eigenvalue weighted by Gasteiger charge is 2.13. The molecule has 2 rings (SSSR count). The van der Waals surface area contributed by atoms with E-state index in [0.717, 1.165) is 11.3 Å². The van der Waals surface area contributed by atoms with Crippen molar-refractivity contribution < 1.29 is 13.9 Å². The average Bonchev–Trinajstić information content (AvgIpc) is 2.85. The van der Waals surface area contributed by atoms with Gasteiger partial charge in [-0.05, 0) is 18.2 Å². The molecule has 0 aliphatic heterocycles. The third-order valence-electron chi connectivity index (χ3n) is 2.32. The maximum Gasteiger partial charge on any atom is 0.287 e. The van der Waals surface area contributed by atoms with Crippen LogP contribution in [-0.2, 0) is 6.61 Å². The maximum absolute atomic E-state index is 11.4. The van der Waals surface area contributed by atoms with Gasteiger partial charge >= 0.3 is 0 Å². The molecule has 17 heavy (non-hydrogen) atoms. The highest BCUT2D eigenvalue weighted by molar-refractivity contribution is 5.92. The fourth-order valence-electron chi connectivity index (χ4n) is 1.44. The lowest BCUT2D eigenvalue weighted by Gasteiger charge is -2.05. The predicted molar refractivity (Wildman–Crippen MR) is 62.9 cm³/mol. The first-order valence-corrected chi connectivity index (χ1v) is 5.27. The van der Waals surface area contributed by atoms with E-state index in [1.807, 2.05) is 30.3 Å². The summed E-state index contributed by atoms with van der Waals surface area (Å²) in [5.74, 6) is 0.807. The molecule has 88 valence electrons. The Balaban J connectivity index is 2.05. The van der Waals surface area contributed by atoms with Gasteiger partial charge in [-0.2, -0.15) is 0 Å². The summed E-state index contributed by atoms with van der Waals surface area (Å²) in [6.07, 6.45) is 1.48. The molecule has 1 amide bonds. The maximum atomic E-state index is 11.4. The average molecular weight is 231 g/mol. The first-order chi connectivity index (χ1) is 8.31. The third-order valence-corrected chi connectivity index (χ3v) is 2.32. The molecule has 4 nitrogen and oxygen atoms in total. The second-order valence-corrected chi connectivity index (χ2v) is 3.46. The first kappa shape index (κ1) is 11.3. The van der Waals surface area contributed by atoms with Gasteiger partial charge < -0.3 is 14.5 Å². The van der Waals surface area contributed by atoms with Crippen molar-refractivity contribution in [1.29, 1.82) is 0 Å². The van der Waals surface area contributed by atoms with Crippen molar-refractivity contribution >= 4 is 5.91 Å². The molecule has 0 radical (unpaired) electrons. The third kappa shape index (κ3) is 2.66. The zero-order chi connectivity index (χ0) is 12.1. The zero-order valence-electron chi connectivity index (χ0n) is 9.47. The second kappa shape index (κ2) is 5.21. The Labute approximate surface area is 99.2 Å². The lowest BCUT2D eigenvalue weighted by molar-refractivity contribution is 0.0932. The van der Waals surface area contributed by atoms with Crippen LogP contribution in [0.1, 0.15) is 16.1 Å². The van der Waals surface area contributed by atoms with E-state index in [-0.39, 0.29) is 5.91 Å². The molecule has 0 bridgehead atoms. The Morgan fingerprint density at radius 1 is 1.29 bits per heavy atom. The summed E-state index contributed by atoms with van der Waals surface area (Å²) < 4.78 is 10.7. The van der Waals surface area contributed by atoms with Gasteiger partial charge in [0.15, 0.2) is 5.76 Å². The summed E-state index contributed by atoms with van der Waals surface area (Å²) in [6, 6.07) is 11.2. The van der Waals surface area contributed by atoms with Crippen LogP contribution in [0.25, 0.3) is 0 Å². The molecular formula is C13H13NO3. The number of hydrogen-bond donors (Lipinski definition) is 1. The zero-order valence-corrected chi connectivity index (χ0v) is 9.47. The van der Waals surface area contributed by atoms with Gasteiger partial charge in [-0.1, -0.05) is 18.2 Å². The van der Waals surface area contributed by atoms with Crippen LogP contribution in [0.2, 0.25) is 0 Å². The quantitative estimate of drug-likeness (QED) is 0.877. The molecule has 0 spiro atoms. The van der Waals surface area contributed by atoms with Gasteiger partial charge in [-0.3, -0.25) is 4.79 Å². The van der Waals surface area contributed by atoms with Crippen molar-refractivity contribution in [2.75, 3.05) is 7.05 Å². The molecule has 0 aliphatic carbocycles. The first-order valence-electron chi connectivity index (χ1n) is 5.27. The predicted octanol–water partition coefficient (Wildman–Crippen LogP) is 2.22. The summed E-state index contributed by atoms with van der Waals surface area (Å²) in [5.41, 5.74) is 0.730. The number of benzene rings is 1. The van der Waals surface area contributed by atoms with E-state index in [9.17, 15) is 4.79 Å². The van der Waals surface area contributed by atoms with Crippen LogP contribution in [0.4, 0.5) is 0 Å². The highest BCUT2D eigenvalue weighted by atomic mass is 16.5. The Morgan fingerprint density at radius 2 is 2.06 bits per heavy atom. The molecule has 0 saturated carbocycles. The molecular weight excluding hydrogens is 218 g/mol. The van der Waals surface area contributed by atoms with Crippen LogP contribution in [0.3, 0.4) is 0 Å². The smallest absolute Gasteiger partial charge is 0.287 e. The highest BCUT2D eigenvalue weighted by Crippen LogP contribution is 2.15. The van der Waals surface area contributed by atoms with Gasteiger partial charge in [-0.15, -0.1) is 0 Å². The normalized spacial score (nSPS) is 9.94. The summed E-state index contributed by atoms with van der Waals surface area (Å²) in [7, 11) is 1.56. The van der Waals surface area contributed by atoms with Crippen LogP contribution >= 0.6 is 0 Å². The van der Waals surface area contributed by atoms with Crippen molar-refractivity contribution in [3.63, 3.8) is 0 Å². The molecule has 1 N–H and O–H groups in total. The van der Waals surface area contributed by atoms with Crippen molar-refractivity contribution in [3.8, 4) is 5.75 Å². The van der Waals surface area contributed by atoms with Crippen LogP contribution in [0.5, 0.6) is 5.75 Å². The molecule has 1 aromatic carbocycles. The Morgan fingerprint density at radius 3 is 2.76 bits per heavy atom. The number of ether oxygens (including phenoxy) is 1. The van der Waals surface area contributed by atoms with E-state index in [2.05, 4.69) is 5.32 Å². The molecule has 0 atom stereocenters. The standard InChI is InChI=1S/C13H13NO3/c1-14-13(15)12-10(7-8-16-12)9-17-11-5-3-2-4-6-11/h2-8H,9H2,1H3,(H,14,15). The van der Waals surface area contributed by atoms with Crippen molar-refractivity contribution in [1.82, 2.24) is 5.32 Å². The van der Waals surface area contributed by atoms with E-state index in [0.29, 0.717) is 12.4 Å². The van der Waals surface area contributed by atoms with Gasteiger partial charge in [0.05, 0.1) is 6.26 Å². The number of carbonyl (C=O) groups excluding carboxylic acids is 1. The van der Waals surface area contributed by atoms with Crippen LogP contribution in [0, 0.1) is 0 Å². The van der Waals surface area contributed by atoms with Crippen molar-refractivity contribution in [2.24, 2.45) is 0 Å². The Kier molecular flexibility index (Phi) is 3.45. The molecule has 2 aromatic rings. The molecule has 1 heterocycles. The number of hydrogen-bond acceptors (Lipinski definition) is 3. The number of nitrogens with one attached hydrogen (secondary N) is 1. The van der Waals surface area contributed by atoms with E-state index in [4.69, 9.17) is 9.15 Å². The van der Waals surface area contributed by atoms with E-state index in [1.54, 1.807) is 13.1 Å². The van der Waals surface area contributed by atoms with Gasteiger partial charge in [0.1, 0.15) is 12.4 Å². The minimum Gasteiger partial charge on any atom is -0.489 e. The van der Waals surface area contributed by atoms with Crippen LogP contribution in [0.15, 0.2) is 47.1 Å². The number of para-hydroxylation sites is 1. The molecule has 0 fully saturated rings. The minimum atomic E-state index is -0.248. The summed E-state index contributed by atoms with van der Waals surface area (Å²) in [4.78, 5) is 11.4. The molecule has 4 heteroatoms. The Bertz CT molecular complexity index is 490. The topological polar surface area (TPSA) is 51.5 Å². The summed E-state index contributed by atoms with van der Waals surface area (Å²) in [5, 5.41) is 2.52. The fourth-order valence-corrected chi connectivity index (χ4v) is 1.44. The molecule has 0 saturated heterocycles. The number of furan rings is 1. The number of amides is 1. The van der Waals surface area contributed by atoms with E-state index in [1.165, 1.54) is 6.26 Å². The molecule has 0 aliphatic rings. The summed E-state index contributed by atoms with van der Waals surface area (Å²) >= 11 is 0. The SMILES string of the molecule is CNC(=O)c1occc1COc1ccccc1. The van der Waals surface area contributed by atoms with Crippen molar-refractivity contribution in [2.45, 2.75) is 6.61 Å². The van der Waals surface area contributed by atoms with Gasteiger partial charge in [0.25, 0.3) is 5.91 Å². The van der Waals surface area contributed by atoms with Crippen LogP contribution < -0.4 is 10.1 Å². The van der Waals surface area contributed by atoms with Gasteiger partial charge in [0, 0.05) is 12.6 Å². The van der Waals surface area contributed by atoms with Gasteiger partial charge in [0.2, 0.25) is 0 Å². The molecule has 0 unspecified atom stereocenters. The lowest BCUT2D eigenvalue weighted by Crippen LogP contribution is -2.18. The monoisotopic (exact) mass is 231 g/mol. The summed E-state index contributed by atoms with van der Waals surface area (Å²) in [6.45, 7) is 0.309. The lowest BCUT2D eigenvalue weighted by atomic mass is 10.2.